The molecule has 7 nitrogen and oxygen atoms in total. The third-order valence-corrected chi connectivity index (χ3v) is 8.36. The molecule has 0 radical (unpaired) electrons. The highest BCUT2D eigenvalue weighted by atomic mass is 16.5. The molecule has 0 aliphatic heterocycles. The van der Waals surface area contributed by atoms with Gasteiger partial charge < -0.3 is 19.1 Å². The number of benzene rings is 3. The quantitative estimate of drug-likeness (QED) is 0.0730. The van der Waals surface area contributed by atoms with Crippen molar-refractivity contribution in [1.29, 1.82) is 0 Å². The van der Waals surface area contributed by atoms with Crippen molar-refractivity contribution in [1.82, 2.24) is 9.47 Å². The Balaban J connectivity index is 1.50. The number of fused-ring (bicyclic) bond motifs is 1. The second-order valence-corrected chi connectivity index (χ2v) is 11.8. The van der Waals surface area contributed by atoms with Gasteiger partial charge in [-0.3, -0.25) is 9.59 Å². The maximum Gasteiger partial charge on any atom is 0.343 e. The first-order valence-corrected chi connectivity index (χ1v) is 16.3. The third-order valence-electron chi connectivity index (χ3n) is 8.36. The number of esters is 1. The van der Waals surface area contributed by atoms with Crippen LogP contribution in [0.5, 0.6) is 5.75 Å². The third kappa shape index (κ3) is 9.07. The van der Waals surface area contributed by atoms with E-state index >= 15 is 0 Å². The van der Waals surface area contributed by atoms with Gasteiger partial charge in [0.2, 0.25) is 11.8 Å². The predicted molar refractivity (Wildman–Crippen MR) is 182 cm³/mol. The second-order valence-electron chi connectivity index (χ2n) is 11.8. The van der Waals surface area contributed by atoms with Gasteiger partial charge >= 0.3 is 5.97 Å². The van der Waals surface area contributed by atoms with Gasteiger partial charge in [-0.1, -0.05) is 81.1 Å². The zero-order valence-electron chi connectivity index (χ0n) is 27.3. The summed E-state index contributed by atoms with van der Waals surface area (Å²) in [6, 6.07) is 24.9. The summed E-state index contributed by atoms with van der Waals surface area (Å²) in [5.74, 6) is 0.217. The number of rotatable bonds is 16. The maximum absolute atomic E-state index is 13.1. The van der Waals surface area contributed by atoms with E-state index in [9.17, 15) is 14.4 Å². The van der Waals surface area contributed by atoms with Crippen LogP contribution in [0.2, 0.25) is 0 Å². The molecule has 0 aliphatic carbocycles. The molecule has 0 spiro atoms. The van der Waals surface area contributed by atoms with Crippen LogP contribution in [0.1, 0.15) is 86.8 Å². The molecule has 0 saturated heterocycles. The van der Waals surface area contributed by atoms with E-state index in [0.717, 1.165) is 79.3 Å². The largest absolute Gasteiger partial charge is 0.423 e. The van der Waals surface area contributed by atoms with Crippen LogP contribution in [0.4, 0.5) is 5.69 Å². The van der Waals surface area contributed by atoms with E-state index in [1.807, 2.05) is 71.4 Å². The fraction of sp³-hybridized carbons (Fsp3) is 0.395. The Kier molecular flexibility index (Phi) is 12.4. The van der Waals surface area contributed by atoms with Crippen LogP contribution in [-0.4, -0.2) is 47.4 Å². The molecule has 45 heavy (non-hydrogen) atoms. The summed E-state index contributed by atoms with van der Waals surface area (Å²) in [6.07, 6.45) is 7.47. The van der Waals surface area contributed by atoms with Crippen molar-refractivity contribution in [2.45, 2.75) is 78.7 Å². The number of anilines is 1. The molecule has 0 unspecified atom stereocenters. The molecule has 0 N–H and O–H groups in total. The Labute approximate surface area is 267 Å². The highest BCUT2D eigenvalue weighted by molar-refractivity contribution is 6.05. The molecule has 0 atom stereocenters. The van der Waals surface area contributed by atoms with Gasteiger partial charge in [0.25, 0.3) is 0 Å². The number of amides is 2. The van der Waals surface area contributed by atoms with E-state index in [-0.39, 0.29) is 11.8 Å². The first-order chi connectivity index (χ1) is 21.8. The van der Waals surface area contributed by atoms with Crippen LogP contribution >= 0.6 is 0 Å². The monoisotopic (exact) mass is 609 g/mol. The van der Waals surface area contributed by atoms with Crippen molar-refractivity contribution >= 4 is 34.4 Å². The molecule has 0 fully saturated rings. The molecule has 1 aromatic heterocycles. The average molecular weight is 610 g/mol. The van der Waals surface area contributed by atoms with Crippen LogP contribution in [0, 0.1) is 6.92 Å². The number of hydrogen-bond donors (Lipinski definition) is 0. The number of aromatic nitrogens is 1. The van der Waals surface area contributed by atoms with Crippen molar-refractivity contribution < 1.29 is 19.1 Å². The molecule has 238 valence electrons. The molecule has 0 aliphatic rings. The highest BCUT2D eigenvalue weighted by Gasteiger charge is 2.23. The number of carbonyl (C=O) groups excluding carboxylic acids is 3. The van der Waals surface area contributed by atoms with Crippen molar-refractivity contribution in [3.63, 3.8) is 0 Å². The molecule has 3 aromatic carbocycles. The van der Waals surface area contributed by atoms with E-state index < -0.39 is 5.97 Å². The van der Waals surface area contributed by atoms with Crippen LogP contribution in [0.3, 0.4) is 0 Å². The predicted octanol–water partition coefficient (Wildman–Crippen LogP) is 8.17. The van der Waals surface area contributed by atoms with Crippen LogP contribution < -0.4 is 9.64 Å². The Morgan fingerprint density at radius 1 is 0.800 bits per heavy atom. The zero-order chi connectivity index (χ0) is 32.2. The summed E-state index contributed by atoms with van der Waals surface area (Å²) in [4.78, 5) is 42.0. The smallest absolute Gasteiger partial charge is 0.343 e. The van der Waals surface area contributed by atoms with Crippen LogP contribution in [-0.2, 0) is 16.1 Å². The fourth-order valence-corrected chi connectivity index (χ4v) is 5.77. The van der Waals surface area contributed by atoms with Crippen molar-refractivity contribution in [3.8, 4) is 5.75 Å². The van der Waals surface area contributed by atoms with Gasteiger partial charge in [0.1, 0.15) is 5.75 Å². The summed E-state index contributed by atoms with van der Waals surface area (Å²) in [7, 11) is 1.89. The normalized spacial score (nSPS) is 11.0. The molecule has 4 rings (SSSR count). The SMILES string of the molecule is CCCCN(C)C(=O)CCCCCCCN(C(C)=O)c1c(C)n(Cc2ccccc2)c2ccc(OC(=O)c3ccccc3)cc12. The Hall–Kier alpha value is -4.39. The minimum absolute atomic E-state index is 0.0238. The van der Waals surface area contributed by atoms with Crippen molar-refractivity contribution in [2.75, 3.05) is 25.0 Å². The lowest BCUT2D eigenvalue weighted by molar-refractivity contribution is -0.130. The van der Waals surface area contributed by atoms with Crippen molar-refractivity contribution in [3.05, 3.63) is 95.7 Å². The van der Waals surface area contributed by atoms with E-state index in [1.165, 1.54) is 0 Å². The van der Waals surface area contributed by atoms with Gasteiger partial charge in [0, 0.05) is 51.1 Å². The average Bonchev–Trinajstić information content (AvgIpc) is 3.31. The molecule has 2 amide bonds. The number of ether oxygens (including phenoxy) is 1. The van der Waals surface area contributed by atoms with E-state index in [4.69, 9.17) is 4.74 Å². The summed E-state index contributed by atoms with van der Waals surface area (Å²) >= 11 is 0. The molecular formula is C38H47N3O4. The van der Waals surface area contributed by atoms with Crippen LogP contribution in [0.25, 0.3) is 10.9 Å². The maximum atomic E-state index is 13.1. The summed E-state index contributed by atoms with van der Waals surface area (Å²) in [6.45, 7) is 7.88. The minimum Gasteiger partial charge on any atom is -0.423 e. The Morgan fingerprint density at radius 2 is 1.47 bits per heavy atom. The molecule has 7 heteroatoms. The van der Waals surface area contributed by atoms with Crippen molar-refractivity contribution in [2.24, 2.45) is 0 Å². The summed E-state index contributed by atoms with van der Waals surface area (Å²) in [5, 5.41) is 0.877. The Morgan fingerprint density at radius 3 is 2.16 bits per heavy atom. The van der Waals surface area contributed by atoms with E-state index in [0.29, 0.717) is 30.8 Å². The number of carbonyl (C=O) groups is 3. The first kappa shape index (κ1) is 33.5. The fourth-order valence-electron chi connectivity index (χ4n) is 5.77. The van der Waals surface area contributed by atoms with Gasteiger partial charge in [0.15, 0.2) is 0 Å². The van der Waals surface area contributed by atoms with Gasteiger partial charge in [0.05, 0.1) is 16.8 Å². The molecule has 0 saturated carbocycles. The number of hydrogen-bond acceptors (Lipinski definition) is 4. The number of nitrogens with zero attached hydrogens (tertiary/aromatic N) is 3. The molecule has 4 aromatic rings. The molecule has 1 heterocycles. The van der Waals surface area contributed by atoms with Gasteiger partial charge in [-0.05, 0) is 62.1 Å². The second kappa shape index (κ2) is 16.6. The zero-order valence-corrected chi connectivity index (χ0v) is 27.3. The van der Waals surface area contributed by atoms with Gasteiger partial charge in [-0.15, -0.1) is 0 Å². The topological polar surface area (TPSA) is 71.8 Å². The first-order valence-electron chi connectivity index (χ1n) is 16.3. The lowest BCUT2D eigenvalue weighted by Crippen LogP contribution is -2.30. The van der Waals surface area contributed by atoms with E-state index in [1.54, 1.807) is 19.1 Å². The summed E-state index contributed by atoms with van der Waals surface area (Å²) < 4.78 is 8.01. The molecule has 0 bridgehead atoms. The summed E-state index contributed by atoms with van der Waals surface area (Å²) in [5.41, 5.74) is 4.46. The van der Waals surface area contributed by atoms with Gasteiger partial charge in [-0.25, -0.2) is 4.79 Å². The standard InChI is InChI=1S/C38H47N3O4/c1-5-6-25-39(4)36(43)22-16-8-7-9-17-26-40(30(3)42)37-29(2)41(28-31-18-12-10-13-19-31)35-24-23-33(27-34(35)37)45-38(44)32-20-14-11-15-21-32/h10-15,18-21,23-24,27H,5-9,16-17,22,25-26,28H2,1-4H3. The number of unbranched alkanes of at least 4 members (excludes halogenated alkanes) is 5. The lowest BCUT2D eigenvalue weighted by atomic mass is 10.1. The highest BCUT2D eigenvalue weighted by Crippen LogP contribution is 2.37. The lowest BCUT2D eigenvalue weighted by Gasteiger charge is -2.22. The van der Waals surface area contributed by atoms with Crippen LogP contribution in [0.15, 0.2) is 78.9 Å². The molecular weight excluding hydrogens is 562 g/mol. The van der Waals surface area contributed by atoms with Gasteiger partial charge in [-0.2, -0.15) is 0 Å². The Bertz CT molecular complexity index is 1560. The van der Waals surface area contributed by atoms with E-state index in [2.05, 4.69) is 30.5 Å². The minimum atomic E-state index is -0.422.